The van der Waals surface area contributed by atoms with Crippen molar-refractivity contribution < 1.29 is 22.4 Å². The number of rotatable bonds is 7. The molecule has 0 fully saturated rings. The third-order valence-corrected chi connectivity index (χ3v) is 5.91. The summed E-state index contributed by atoms with van der Waals surface area (Å²) in [4.78, 5) is 25.2. The van der Waals surface area contributed by atoms with Crippen LogP contribution in [0.15, 0.2) is 47.4 Å². The molecule has 2 aromatic carbocycles. The molecule has 2 amide bonds. The van der Waals surface area contributed by atoms with Gasteiger partial charge < -0.3 is 10.6 Å². The van der Waals surface area contributed by atoms with Crippen LogP contribution in [0.2, 0.25) is 0 Å². The van der Waals surface area contributed by atoms with Crippen LogP contribution in [0.1, 0.15) is 29.8 Å². The largest absolute Gasteiger partial charge is 0.340 e. The fraction of sp³-hybridized carbons (Fsp3) is 0.300. The van der Waals surface area contributed by atoms with Crippen molar-refractivity contribution in [3.8, 4) is 0 Å². The average molecular weight is 421 g/mol. The van der Waals surface area contributed by atoms with E-state index >= 15 is 0 Å². The Morgan fingerprint density at radius 1 is 1.03 bits per heavy atom. The molecule has 3 N–H and O–H groups in total. The van der Waals surface area contributed by atoms with Crippen molar-refractivity contribution in [2.75, 3.05) is 12.4 Å². The van der Waals surface area contributed by atoms with Crippen molar-refractivity contribution in [1.29, 1.82) is 0 Å². The van der Waals surface area contributed by atoms with E-state index in [1.54, 1.807) is 32.9 Å². The first kappa shape index (κ1) is 22.5. The summed E-state index contributed by atoms with van der Waals surface area (Å²) in [6.07, 6.45) is 0. The van der Waals surface area contributed by atoms with Gasteiger partial charge in [-0.15, -0.1) is 0 Å². The third kappa shape index (κ3) is 5.61. The minimum Gasteiger partial charge on any atom is -0.340 e. The smallest absolute Gasteiger partial charge is 0.251 e. The molecule has 0 aliphatic carbocycles. The number of carbonyl (C=O) groups excluding carboxylic acids is 2. The van der Waals surface area contributed by atoms with Crippen LogP contribution in [0.3, 0.4) is 0 Å². The Morgan fingerprint density at radius 2 is 1.66 bits per heavy atom. The number of sulfonamides is 1. The highest BCUT2D eigenvalue weighted by Gasteiger charge is 2.25. The second-order valence-corrected chi connectivity index (χ2v) is 8.73. The van der Waals surface area contributed by atoms with Gasteiger partial charge in [0.1, 0.15) is 11.9 Å². The van der Waals surface area contributed by atoms with Gasteiger partial charge in [-0.25, -0.2) is 17.5 Å². The summed E-state index contributed by atoms with van der Waals surface area (Å²) >= 11 is 0. The molecule has 156 valence electrons. The monoisotopic (exact) mass is 421 g/mol. The standard InChI is InChI=1S/C20H24FN3O4S/c1-12(2)18(24-19(25)14-6-8-15(21)9-7-14)20(26)23-16-10-5-13(3)17(11-16)29(27,28)22-4/h5-12,18,22H,1-4H3,(H,23,26)(H,24,25)/t18-/m0/s1. The van der Waals surface area contributed by atoms with Crippen LogP contribution in [-0.2, 0) is 14.8 Å². The van der Waals surface area contributed by atoms with Crippen molar-refractivity contribution in [1.82, 2.24) is 10.0 Å². The number of aryl methyl sites for hydroxylation is 1. The van der Waals surface area contributed by atoms with Crippen molar-refractivity contribution in [3.63, 3.8) is 0 Å². The highest BCUT2D eigenvalue weighted by Crippen LogP contribution is 2.20. The van der Waals surface area contributed by atoms with Gasteiger partial charge in [-0.3, -0.25) is 9.59 Å². The Labute approximate surface area is 169 Å². The Balaban J connectivity index is 2.21. The number of anilines is 1. The molecule has 1 atom stereocenters. The first-order valence-electron chi connectivity index (χ1n) is 8.96. The van der Waals surface area contributed by atoms with Gasteiger partial charge in [-0.1, -0.05) is 19.9 Å². The first-order chi connectivity index (χ1) is 13.5. The molecule has 2 aromatic rings. The van der Waals surface area contributed by atoms with E-state index in [-0.39, 0.29) is 22.1 Å². The molecule has 2 rings (SSSR count). The molecule has 7 nitrogen and oxygen atoms in total. The summed E-state index contributed by atoms with van der Waals surface area (Å²) in [5, 5.41) is 5.28. The van der Waals surface area contributed by atoms with Gasteiger partial charge in [-0.2, -0.15) is 0 Å². The lowest BCUT2D eigenvalue weighted by atomic mass is 10.0. The topological polar surface area (TPSA) is 104 Å². The lowest BCUT2D eigenvalue weighted by Gasteiger charge is -2.22. The normalized spacial score (nSPS) is 12.5. The Morgan fingerprint density at radius 3 is 2.21 bits per heavy atom. The Kier molecular flexibility index (Phi) is 7.10. The van der Waals surface area contributed by atoms with Gasteiger partial charge in [0, 0.05) is 11.3 Å². The van der Waals surface area contributed by atoms with Crippen molar-refractivity contribution in [3.05, 3.63) is 59.4 Å². The number of carbonyl (C=O) groups is 2. The predicted molar refractivity (Wildman–Crippen MR) is 109 cm³/mol. The summed E-state index contributed by atoms with van der Waals surface area (Å²) in [6.45, 7) is 5.18. The molecule has 0 aliphatic heterocycles. The van der Waals surface area contributed by atoms with Crippen LogP contribution in [0.4, 0.5) is 10.1 Å². The maximum absolute atomic E-state index is 13.0. The molecular formula is C20H24FN3O4S. The van der Waals surface area contributed by atoms with Crippen LogP contribution in [0, 0.1) is 18.7 Å². The molecule has 0 unspecified atom stereocenters. The zero-order valence-electron chi connectivity index (χ0n) is 16.6. The molecule has 0 aliphatic rings. The zero-order valence-corrected chi connectivity index (χ0v) is 17.4. The molecule has 0 radical (unpaired) electrons. The van der Waals surface area contributed by atoms with E-state index in [1.807, 2.05) is 0 Å². The molecule has 0 bridgehead atoms. The van der Waals surface area contributed by atoms with Crippen molar-refractivity contribution in [2.45, 2.75) is 31.7 Å². The highest BCUT2D eigenvalue weighted by molar-refractivity contribution is 7.89. The fourth-order valence-corrected chi connectivity index (χ4v) is 3.65. The molecule has 0 heterocycles. The van der Waals surface area contributed by atoms with E-state index in [0.717, 1.165) is 12.1 Å². The minimum atomic E-state index is -3.68. The fourth-order valence-electron chi connectivity index (χ4n) is 2.66. The molecule has 9 heteroatoms. The molecule has 0 saturated heterocycles. The predicted octanol–water partition coefficient (Wildman–Crippen LogP) is 2.44. The average Bonchev–Trinajstić information content (AvgIpc) is 2.67. The van der Waals surface area contributed by atoms with Crippen LogP contribution in [-0.4, -0.2) is 33.3 Å². The number of amides is 2. The first-order valence-corrected chi connectivity index (χ1v) is 10.4. The van der Waals surface area contributed by atoms with E-state index in [4.69, 9.17) is 0 Å². The molecule has 0 aromatic heterocycles. The van der Waals surface area contributed by atoms with Gasteiger partial charge in [0.2, 0.25) is 15.9 Å². The van der Waals surface area contributed by atoms with E-state index in [1.165, 1.54) is 25.2 Å². The lowest BCUT2D eigenvalue weighted by molar-refractivity contribution is -0.118. The Hall–Kier alpha value is -2.78. The summed E-state index contributed by atoms with van der Waals surface area (Å²) in [7, 11) is -2.38. The van der Waals surface area contributed by atoms with Gasteiger partial charge in [0.25, 0.3) is 5.91 Å². The molecule has 0 saturated carbocycles. The number of hydrogen-bond donors (Lipinski definition) is 3. The second kappa shape index (κ2) is 9.15. The van der Waals surface area contributed by atoms with Gasteiger partial charge in [-0.05, 0) is 61.9 Å². The zero-order chi connectivity index (χ0) is 21.8. The quantitative estimate of drug-likeness (QED) is 0.639. The third-order valence-electron chi connectivity index (χ3n) is 4.36. The number of nitrogens with one attached hydrogen (secondary N) is 3. The highest BCUT2D eigenvalue weighted by atomic mass is 32.2. The van der Waals surface area contributed by atoms with E-state index < -0.39 is 33.7 Å². The van der Waals surface area contributed by atoms with Crippen molar-refractivity contribution >= 4 is 27.5 Å². The van der Waals surface area contributed by atoms with E-state index in [0.29, 0.717) is 5.56 Å². The van der Waals surface area contributed by atoms with Crippen LogP contribution in [0.25, 0.3) is 0 Å². The van der Waals surface area contributed by atoms with Crippen LogP contribution < -0.4 is 15.4 Å². The number of halogens is 1. The molecule has 29 heavy (non-hydrogen) atoms. The minimum absolute atomic E-state index is 0.0502. The van der Waals surface area contributed by atoms with Crippen molar-refractivity contribution in [2.24, 2.45) is 5.92 Å². The summed E-state index contributed by atoms with van der Waals surface area (Å²) < 4.78 is 39.5. The molecular weight excluding hydrogens is 397 g/mol. The summed E-state index contributed by atoms with van der Waals surface area (Å²) in [5.41, 5.74) is 1.04. The summed E-state index contributed by atoms with van der Waals surface area (Å²) in [5.74, 6) is -1.72. The maximum Gasteiger partial charge on any atom is 0.251 e. The van der Waals surface area contributed by atoms with Crippen LogP contribution >= 0.6 is 0 Å². The van der Waals surface area contributed by atoms with Gasteiger partial charge in [0.15, 0.2) is 0 Å². The number of benzene rings is 2. The van der Waals surface area contributed by atoms with E-state index in [9.17, 15) is 22.4 Å². The Bertz CT molecular complexity index is 1000. The van der Waals surface area contributed by atoms with E-state index in [2.05, 4.69) is 15.4 Å². The molecule has 0 spiro atoms. The SMILES string of the molecule is CNS(=O)(=O)c1cc(NC(=O)[C@@H](NC(=O)c2ccc(F)cc2)C(C)C)ccc1C. The summed E-state index contributed by atoms with van der Waals surface area (Å²) in [6, 6.07) is 8.63. The second-order valence-electron chi connectivity index (χ2n) is 6.88. The van der Waals surface area contributed by atoms with Crippen LogP contribution in [0.5, 0.6) is 0 Å². The van der Waals surface area contributed by atoms with Gasteiger partial charge >= 0.3 is 0 Å². The lowest BCUT2D eigenvalue weighted by Crippen LogP contribution is -2.47. The number of hydrogen-bond acceptors (Lipinski definition) is 4. The van der Waals surface area contributed by atoms with Gasteiger partial charge in [0.05, 0.1) is 4.90 Å². The maximum atomic E-state index is 13.0.